The van der Waals surface area contributed by atoms with Gasteiger partial charge in [0.2, 0.25) is 5.91 Å². The normalized spacial score (nSPS) is 13.8. The molecule has 3 rings (SSSR count). The number of nitrogens with zero attached hydrogens (tertiary/aromatic N) is 3. The lowest BCUT2D eigenvalue weighted by atomic mass is 9.98. The number of nitrogens with one attached hydrogen (secondary N) is 2. The maximum absolute atomic E-state index is 12.4. The number of para-hydroxylation sites is 2. The van der Waals surface area contributed by atoms with Crippen molar-refractivity contribution in [2.45, 2.75) is 39.8 Å². The molecule has 24 heavy (non-hydrogen) atoms. The van der Waals surface area contributed by atoms with E-state index >= 15 is 0 Å². The summed E-state index contributed by atoms with van der Waals surface area (Å²) in [6.45, 7) is 6.40. The fourth-order valence-corrected chi connectivity index (χ4v) is 2.76. The smallest absolute Gasteiger partial charge is 0.242 e. The van der Waals surface area contributed by atoms with E-state index in [9.17, 15) is 4.79 Å². The number of fused-ring (bicyclic) bond motifs is 1. The molecule has 2 heterocycles. The first-order valence-electron chi connectivity index (χ1n) is 8.30. The van der Waals surface area contributed by atoms with E-state index in [1.807, 2.05) is 37.4 Å². The summed E-state index contributed by atoms with van der Waals surface area (Å²) in [6, 6.07) is 7.75. The van der Waals surface area contributed by atoms with Crippen LogP contribution in [0.3, 0.4) is 0 Å². The van der Waals surface area contributed by atoms with Crippen LogP contribution in [0.25, 0.3) is 11.0 Å². The van der Waals surface area contributed by atoms with Crippen molar-refractivity contribution in [1.82, 2.24) is 25.1 Å². The van der Waals surface area contributed by atoms with Gasteiger partial charge in [0.25, 0.3) is 0 Å². The summed E-state index contributed by atoms with van der Waals surface area (Å²) in [5.41, 5.74) is 2.94. The molecule has 0 aliphatic heterocycles. The van der Waals surface area contributed by atoms with Crippen LogP contribution in [0.15, 0.2) is 36.7 Å². The van der Waals surface area contributed by atoms with Gasteiger partial charge in [0.1, 0.15) is 12.4 Å². The lowest BCUT2D eigenvalue weighted by Crippen LogP contribution is -2.35. The van der Waals surface area contributed by atoms with Gasteiger partial charge >= 0.3 is 0 Å². The third kappa shape index (κ3) is 3.48. The Morgan fingerprint density at radius 3 is 2.83 bits per heavy atom. The Balaban J connectivity index is 1.79. The van der Waals surface area contributed by atoms with E-state index in [0.717, 1.165) is 28.8 Å². The van der Waals surface area contributed by atoms with Gasteiger partial charge < -0.3 is 10.3 Å². The summed E-state index contributed by atoms with van der Waals surface area (Å²) in [4.78, 5) is 20.4. The maximum Gasteiger partial charge on any atom is 0.242 e. The summed E-state index contributed by atoms with van der Waals surface area (Å²) in [7, 11) is 0. The molecule has 0 saturated heterocycles. The highest BCUT2D eigenvalue weighted by Crippen LogP contribution is 2.24. The molecule has 126 valence electrons. The second-order valence-corrected chi connectivity index (χ2v) is 6.29. The van der Waals surface area contributed by atoms with E-state index in [-0.39, 0.29) is 24.4 Å². The quantitative estimate of drug-likeness (QED) is 0.731. The van der Waals surface area contributed by atoms with Crippen molar-refractivity contribution in [2.24, 2.45) is 5.92 Å². The third-order valence-electron chi connectivity index (χ3n) is 4.30. The standard InChI is InChI=1S/C18H23N5O/c1-4-13(3)17(18-20-14-7-5-6-8-15(14)21-18)22-16(24)11-23-10-12(2)9-19-23/h5-10,13,17H,4,11H2,1-3H3,(H,20,21)(H,22,24)/t13-,17+/m0/s1. The van der Waals surface area contributed by atoms with Crippen LogP contribution >= 0.6 is 0 Å². The first-order valence-corrected chi connectivity index (χ1v) is 8.30. The topological polar surface area (TPSA) is 75.6 Å². The van der Waals surface area contributed by atoms with Gasteiger partial charge in [-0.15, -0.1) is 0 Å². The molecule has 0 spiro atoms. The minimum absolute atomic E-state index is 0.0659. The van der Waals surface area contributed by atoms with Crippen LogP contribution < -0.4 is 5.32 Å². The first-order chi connectivity index (χ1) is 11.6. The van der Waals surface area contributed by atoms with Gasteiger partial charge in [0.05, 0.1) is 23.3 Å². The predicted molar refractivity (Wildman–Crippen MR) is 93.4 cm³/mol. The molecule has 0 saturated carbocycles. The van der Waals surface area contributed by atoms with Gasteiger partial charge in [0, 0.05) is 6.20 Å². The van der Waals surface area contributed by atoms with Crippen LogP contribution in [0.2, 0.25) is 0 Å². The van der Waals surface area contributed by atoms with Crippen molar-refractivity contribution in [3.05, 3.63) is 48.0 Å². The van der Waals surface area contributed by atoms with E-state index < -0.39 is 0 Å². The highest BCUT2D eigenvalue weighted by molar-refractivity contribution is 5.77. The Morgan fingerprint density at radius 2 is 2.17 bits per heavy atom. The van der Waals surface area contributed by atoms with E-state index in [1.54, 1.807) is 10.9 Å². The zero-order valence-electron chi connectivity index (χ0n) is 14.3. The van der Waals surface area contributed by atoms with E-state index in [4.69, 9.17) is 0 Å². The summed E-state index contributed by atoms with van der Waals surface area (Å²) >= 11 is 0. The number of amides is 1. The van der Waals surface area contributed by atoms with Crippen LogP contribution in [-0.4, -0.2) is 25.7 Å². The van der Waals surface area contributed by atoms with Crippen molar-refractivity contribution in [3.63, 3.8) is 0 Å². The summed E-state index contributed by atoms with van der Waals surface area (Å²) in [5, 5.41) is 7.28. The molecular formula is C18H23N5O. The molecule has 2 N–H and O–H groups in total. The molecule has 0 bridgehead atoms. The second-order valence-electron chi connectivity index (χ2n) is 6.29. The number of hydrogen-bond acceptors (Lipinski definition) is 3. The molecule has 0 aliphatic rings. The van der Waals surface area contributed by atoms with Crippen LogP contribution in [-0.2, 0) is 11.3 Å². The van der Waals surface area contributed by atoms with Crippen molar-refractivity contribution in [3.8, 4) is 0 Å². The van der Waals surface area contributed by atoms with Crippen molar-refractivity contribution >= 4 is 16.9 Å². The van der Waals surface area contributed by atoms with Crippen molar-refractivity contribution in [1.29, 1.82) is 0 Å². The molecule has 0 fully saturated rings. The van der Waals surface area contributed by atoms with Crippen LogP contribution in [0.5, 0.6) is 0 Å². The molecular weight excluding hydrogens is 302 g/mol. The van der Waals surface area contributed by atoms with Crippen LogP contribution in [0.1, 0.15) is 37.7 Å². The largest absolute Gasteiger partial charge is 0.344 e. The third-order valence-corrected chi connectivity index (χ3v) is 4.30. The number of aromatic amines is 1. The number of H-pyrrole nitrogens is 1. The average Bonchev–Trinajstić information content (AvgIpc) is 3.17. The molecule has 0 aliphatic carbocycles. The number of aryl methyl sites for hydroxylation is 1. The predicted octanol–water partition coefficient (Wildman–Crippen LogP) is 2.97. The van der Waals surface area contributed by atoms with E-state index in [1.165, 1.54) is 0 Å². The Kier molecular flexibility index (Phi) is 4.64. The number of rotatable bonds is 6. The number of imidazole rings is 1. The van der Waals surface area contributed by atoms with Crippen LogP contribution in [0.4, 0.5) is 0 Å². The Bertz CT molecular complexity index is 802. The molecule has 0 radical (unpaired) electrons. The molecule has 0 unspecified atom stereocenters. The van der Waals surface area contributed by atoms with E-state index in [0.29, 0.717) is 0 Å². The molecule has 2 atom stereocenters. The Hall–Kier alpha value is -2.63. The van der Waals surface area contributed by atoms with Gasteiger partial charge in [-0.1, -0.05) is 32.4 Å². The fraction of sp³-hybridized carbons (Fsp3) is 0.389. The number of aromatic nitrogens is 4. The van der Waals surface area contributed by atoms with Crippen molar-refractivity contribution < 1.29 is 4.79 Å². The van der Waals surface area contributed by atoms with Gasteiger partial charge in [-0.3, -0.25) is 9.48 Å². The number of carbonyl (C=O) groups excluding carboxylic acids is 1. The molecule has 2 aromatic heterocycles. The second kappa shape index (κ2) is 6.86. The van der Waals surface area contributed by atoms with Crippen LogP contribution in [0, 0.1) is 12.8 Å². The lowest BCUT2D eigenvalue weighted by molar-refractivity contribution is -0.123. The van der Waals surface area contributed by atoms with E-state index in [2.05, 4.69) is 34.2 Å². The highest BCUT2D eigenvalue weighted by Gasteiger charge is 2.23. The van der Waals surface area contributed by atoms with Gasteiger partial charge in [-0.2, -0.15) is 5.10 Å². The fourth-order valence-electron chi connectivity index (χ4n) is 2.76. The minimum atomic E-state index is -0.147. The number of hydrogen-bond donors (Lipinski definition) is 2. The Morgan fingerprint density at radius 1 is 1.38 bits per heavy atom. The SMILES string of the molecule is CC[C@H](C)[C@@H](NC(=O)Cn1cc(C)cn1)c1nc2ccccc2[nH]1. The zero-order valence-corrected chi connectivity index (χ0v) is 14.3. The van der Waals surface area contributed by atoms with Gasteiger partial charge in [-0.05, 0) is 30.5 Å². The molecule has 6 heteroatoms. The number of carbonyl (C=O) groups is 1. The minimum Gasteiger partial charge on any atom is -0.344 e. The van der Waals surface area contributed by atoms with Gasteiger partial charge in [-0.25, -0.2) is 4.98 Å². The average molecular weight is 325 g/mol. The summed E-state index contributed by atoms with van der Waals surface area (Å²) < 4.78 is 1.65. The highest BCUT2D eigenvalue weighted by atomic mass is 16.2. The molecule has 1 amide bonds. The number of benzene rings is 1. The molecule has 6 nitrogen and oxygen atoms in total. The molecule has 1 aromatic carbocycles. The zero-order chi connectivity index (χ0) is 17.1. The molecule has 3 aromatic rings. The Labute approximate surface area is 141 Å². The first kappa shape index (κ1) is 16.2. The lowest BCUT2D eigenvalue weighted by Gasteiger charge is -2.22. The summed E-state index contributed by atoms with van der Waals surface area (Å²) in [6.07, 6.45) is 4.56. The maximum atomic E-state index is 12.4. The summed E-state index contributed by atoms with van der Waals surface area (Å²) in [5.74, 6) is 1.01. The monoisotopic (exact) mass is 325 g/mol. The van der Waals surface area contributed by atoms with Crippen molar-refractivity contribution in [2.75, 3.05) is 0 Å². The van der Waals surface area contributed by atoms with Gasteiger partial charge in [0.15, 0.2) is 0 Å².